The maximum Gasteiger partial charge on any atom is 0.127 e. The van der Waals surface area contributed by atoms with Crippen molar-refractivity contribution in [1.82, 2.24) is 15.1 Å². The van der Waals surface area contributed by atoms with Crippen molar-refractivity contribution < 1.29 is 9.47 Å². The monoisotopic (exact) mass is 289 g/mol. The van der Waals surface area contributed by atoms with E-state index in [-0.39, 0.29) is 6.04 Å². The summed E-state index contributed by atoms with van der Waals surface area (Å²) in [5, 5.41) is 7.79. The molecule has 2 rings (SSSR count). The van der Waals surface area contributed by atoms with Crippen LogP contribution in [0.1, 0.15) is 25.5 Å². The van der Waals surface area contributed by atoms with Crippen LogP contribution in [-0.2, 0) is 6.54 Å². The SMILES string of the molecule is COc1ccc(C(C)NC(C)Cn2cccn2)c(OC)c1. The van der Waals surface area contributed by atoms with E-state index in [4.69, 9.17) is 9.47 Å². The summed E-state index contributed by atoms with van der Waals surface area (Å²) >= 11 is 0. The van der Waals surface area contributed by atoms with Crippen molar-refractivity contribution in [3.63, 3.8) is 0 Å². The summed E-state index contributed by atoms with van der Waals surface area (Å²) in [6.45, 7) is 5.11. The van der Waals surface area contributed by atoms with Crippen molar-refractivity contribution in [1.29, 1.82) is 0 Å². The maximum absolute atomic E-state index is 5.46. The Morgan fingerprint density at radius 1 is 1.24 bits per heavy atom. The second-order valence-corrected chi connectivity index (χ2v) is 5.13. The molecular weight excluding hydrogens is 266 g/mol. The minimum atomic E-state index is 0.177. The topological polar surface area (TPSA) is 48.3 Å². The van der Waals surface area contributed by atoms with Gasteiger partial charge in [-0.15, -0.1) is 0 Å². The molecule has 0 fully saturated rings. The Hall–Kier alpha value is -2.01. The molecule has 2 atom stereocenters. The molecule has 0 saturated carbocycles. The van der Waals surface area contributed by atoms with E-state index in [0.29, 0.717) is 6.04 Å². The van der Waals surface area contributed by atoms with Crippen LogP contribution in [0.4, 0.5) is 0 Å². The van der Waals surface area contributed by atoms with Crippen LogP contribution < -0.4 is 14.8 Å². The van der Waals surface area contributed by atoms with Gasteiger partial charge in [-0.3, -0.25) is 4.68 Å². The third kappa shape index (κ3) is 3.98. The van der Waals surface area contributed by atoms with Crippen molar-refractivity contribution in [3.05, 3.63) is 42.2 Å². The van der Waals surface area contributed by atoms with Crippen molar-refractivity contribution >= 4 is 0 Å². The summed E-state index contributed by atoms with van der Waals surface area (Å²) < 4.78 is 12.6. The molecular formula is C16H23N3O2. The van der Waals surface area contributed by atoms with E-state index < -0.39 is 0 Å². The molecule has 1 aromatic heterocycles. The lowest BCUT2D eigenvalue weighted by molar-refractivity contribution is 0.374. The van der Waals surface area contributed by atoms with Gasteiger partial charge in [0.05, 0.1) is 20.8 Å². The number of ether oxygens (including phenoxy) is 2. The highest BCUT2D eigenvalue weighted by atomic mass is 16.5. The molecule has 0 saturated heterocycles. The first-order valence-electron chi connectivity index (χ1n) is 7.09. The Morgan fingerprint density at radius 2 is 2.05 bits per heavy atom. The minimum Gasteiger partial charge on any atom is -0.497 e. The second-order valence-electron chi connectivity index (χ2n) is 5.13. The first kappa shape index (κ1) is 15.4. The zero-order chi connectivity index (χ0) is 15.2. The Balaban J connectivity index is 2.03. The van der Waals surface area contributed by atoms with E-state index in [1.807, 2.05) is 35.1 Å². The first-order chi connectivity index (χ1) is 10.1. The molecule has 1 N–H and O–H groups in total. The molecule has 2 aromatic rings. The van der Waals surface area contributed by atoms with E-state index in [1.165, 1.54) is 0 Å². The van der Waals surface area contributed by atoms with Gasteiger partial charge in [-0.2, -0.15) is 5.10 Å². The second kappa shape index (κ2) is 7.13. The lowest BCUT2D eigenvalue weighted by Gasteiger charge is -2.22. The predicted octanol–water partition coefficient (Wildman–Crippen LogP) is 2.64. The van der Waals surface area contributed by atoms with Gasteiger partial charge in [0, 0.05) is 36.1 Å². The number of hydrogen-bond acceptors (Lipinski definition) is 4. The molecule has 1 heterocycles. The van der Waals surface area contributed by atoms with Crippen molar-refractivity contribution in [2.75, 3.05) is 14.2 Å². The third-order valence-electron chi connectivity index (χ3n) is 3.46. The fourth-order valence-electron chi connectivity index (χ4n) is 2.43. The summed E-state index contributed by atoms with van der Waals surface area (Å²) in [4.78, 5) is 0. The molecule has 0 radical (unpaired) electrons. The van der Waals surface area contributed by atoms with Gasteiger partial charge < -0.3 is 14.8 Å². The van der Waals surface area contributed by atoms with Crippen LogP contribution in [0.5, 0.6) is 11.5 Å². The molecule has 2 unspecified atom stereocenters. The summed E-state index contributed by atoms with van der Waals surface area (Å²) in [5.74, 6) is 1.63. The minimum absolute atomic E-state index is 0.177. The van der Waals surface area contributed by atoms with Gasteiger partial charge in [-0.25, -0.2) is 0 Å². The average molecular weight is 289 g/mol. The van der Waals surface area contributed by atoms with Crippen LogP contribution in [0.25, 0.3) is 0 Å². The van der Waals surface area contributed by atoms with E-state index >= 15 is 0 Å². The number of aromatic nitrogens is 2. The van der Waals surface area contributed by atoms with Crippen LogP contribution in [0.15, 0.2) is 36.7 Å². The molecule has 0 aliphatic carbocycles. The maximum atomic E-state index is 5.46. The van der Waals surface area contributed by atoms with Gasteiger partial charge in [-0.1, -0.05) is 6.07 Å². The van der Waals surface area contributed by atoms with Crippen LogP contribution >= 0.6 is 0 Å². The van der Waals surface area contributed by atoms with Crippen LogP contribution in [0.3, 0.4) is 0 Å². The number of rotatable bonds is 7. The third-order valence-corrected chi connectivity index (χ3v) is 3.46. The number of hydrogen-bond donors (Lipinski definition) is 1. The Morgan fingerprint density at radius 3 is 2.67 bits per heavy atom. The van der Waals surface area contributed by atoms with Gasteiger partial charge in [-0.05, 0) is 26.0 Å². The quantitative estimate of drug-likeness (QED) is 0.851. The Labute approximate surface area is 125 Å². The molecule has 0 bridgehead atoms. The van der Waals surface area contributed by atoms with Crippen LogP contribution in [-0.4, -0.2) is 30.0 Å². The Kier molecular flexibility index (Phi) is 5.22. The highest BCUT2D eigenvalue weighted by molar-refractivity contribution is 5.42. The standard InChI is InChI=1S/C16H23N3O2/c1-12(11-19-9-5-8-17-19)18-13(2)15-7-6-14(20-3)10-16(15)21-4/h5-10,12-13,18H,11H2,1-4H3. The van der Waals surface area contributed by atoms with Gasteiger partial charge in [0.15, 0.2) is 0 Å². The van der Waals surface area contributed by atoms with Crippen LogP contribution in [0.2, 0.25) is 0 Å². The van der Waals surface area contributed by atoms with Crippen LogP contribution in [0, 0.1) is 0 Å². The fraction of sp³-hybridized carbons (Fsp3) is 0.438. The van der Waals surface area contributed by atoms with E-state index in [0.717, 1.165) is 23.6 Å². The zero-order valence-electron chi connectivity index (χ0n) is 13.0. The molecule has 5 heteroatoms. The van der Waals surface area contributed by atoms with E-state index in [2.05, 4.69) is 24.3 Å². The smallest absolute Gasteiger partial charge is 0.127 e. The molecule has 21 heavy (non-hydrogen) atoms. The fourth-order valence-corrected chi connectivity index (χ4v) is 2.43. The largest absolute Gasteiger partial charge is 0.497 e. The molecule has 0 aliphatic heterocycles. The normalized spacial score (nSPS) is 13.7. The van der Waals surface area contributed by atoms with Gasteiger partial charge >= 0.3 is 0 Å². The van der Waals surface area contributed by atoms with Crippen molar-refractivity contribution in [2.24, 2.45) is 0 Å². The zero-order valence-corrected chi connectivity index (χ0v) is 13.0. The van der Waals surface area contributed by atoms with Crippen molar-refractivity contribution in [3.8, 4) is 11.5 Å². The first-order valence-corrected chi connectivity index (χ1v) is 7.09. The molecule has 1 aromatic carbocycles. The van der Waals surface area contributed by atoms with Crippen molar-refractivity contribution in [2.45, 2.75) is 32.5 Å². The van der Waals surface area contributed by atoms with E-state index in [1.54, 1.807) is 20.4 Å². The number of benzene rings is 1. The molecule has 114 valence electrons. The summed E-state index contributed by atoms with van der Waals surface area (Å²) in [6.07, 6.45) is 3.76. The summed E-state index contributed by atoms with van der Waals surface area (Å²) in [5.41, 5.74) is 1.12. The lowest BCUT2D eigenvalue weighted by atomic mass is 10.1. The summed E-state index contributed by atoms with van der Waals surface area (Å²) in [7, 11) is 3.33. The van der Waals surface area contributed by atoms with Gasteiger partial charge in [0.25, 0.3) is 0 Å². The average Bonchev–Trinajstić information content (AvgIpc) is 2.99. The number of nitrogens with one attached hydrogen (secondary N) is 1. The highest BCUT2D eigenvalue weighted by Crippen LogP contribution is 2.29. The van der Waals surface area contributed by atoms with E-state index in [9.17, 15) is 0 Å². The number of nitrogens with zero attached hydrogens (tertiary/aromatic N) is 2. The summed E-state index contributed by atoms with van der Waals surface area (Å²) in [6, 6.07) is 8.31. The number of methoxy groups -OCH3 is 2. The van der Waals surface area contributed by atoms with Gasteiger partial charge in [0.1, 0.15) is 11.5 Å². The molecule has 0 spiro atoms. The molecule has 5 nitrogen and oxygen atoms in total. The predicted molar refractivity (Wildman–Crippen MR) is 82.8 cm³/mol. The molecule has 0 aliphatic rings. The highest BCUT2D eigenvalue weighted by Gasteiger charge is 2.15. The molecule has 0 amide bonds. The van der Waals surface area contributed by atoms with Gasteiger partial charge in [0.2, 0.25) is 0 Å². The lowest BCUT2D eigenvalue weighted by Crippen LogP contribution is -2.33. The Bertz CT molecular complexity index is 555.